The number of allylic oxidation sites excluding steroid dienone is 3. The minimum atomic E-state index is 1.02. The Morgan fingerprint density at radius 3 is 2.70 bits per heavy atom. The SMILES string of the molecule is C=C/C=C(/CCCC)N=C. The molecule has 0 aromatic carbocycles. The van der Waals surface area contributed by atoms with Gasteiger partial charge in [0.15, 0.2) is 0 Å². The third kappa shape index (κ3) is 4.07. The van der Waals surface area contributed by atoms with Gasteiger partial charge in [-0.1, -0.05) is 26.0 Å². The van der Waals surface area contributed by atoms with Crippen LogP contribution in [0.3, 0.4) is 0 Å². The molecule has 0 N–H and O–H groups in total. The van der Waals surface area contributed by atoms with E-state index in [2.05, 4.69) is 25.2 Å². The summed E-state index contributed by atoms with van der Waals surface area (Å²) >= 11 is 0. The summed E-state index contributed by atoms with van der Waals surface area (Å²) in [5.41, 5.74) is 1.04. The van der Waals surface area contributed by atoms with Gasteiger partial charge < -0.3 is 0 Å². The molecule has 1 nitrogen and oxygen atoms in total. The fraction of sp³-hybridized carbons (Fsp3) is 0.444. The number of unbranched alkanes of at least 4 members (excludes halogenated alkanes) is 1. The average molecular weight is 137 g/mol. The number of rotatable bonds is 5. The van der Waals surface area contributed by atoms with Crippen LogP contribution in [-0.2, 0) is 0 Å². The van der Waals surface area contributed by atoms with Crippen molar-refractivity contribution in [3.63, 3.8) is 0 Å². The highest BCUT2D eigenvalue weighted by molar-refractivity contribution is 5.29. The minimum absolute atomic E-state index is 1.02. The van der Waals surface area contributed by atoms with E-state index in [1.807, 2.05) is 6.08 Å². The molecule has 0 fully saturated rings. The minimum Gasteiger partial charge on any atom is -0.269 e. The van der Waals surface area contributed by atoms with Crippen LogP contribution in [0.5, 0.6) is 0 Å². The monoisotopic (exact) mass is 137 g/mol. The van der Waals surface area contributed by atoms with Crippen LogP contribution in [0, 0.1) is 0 Å². The van der Waals surface area contributed by atoms with E-state index in [0.717, 1.165) is 12.1 Å². The van der Waals surface area contributed by atoms with Gasteiger partial charge in [-0.05, 0) is 25.6 Å². The van der Waals surface area contributed by atoms with Crippen molar-refractivity contribution in [1.82, 2.24) is 0 Å². The van der Waals surface area contributed by atoms with Gasteiger partial charge in [-0.3, -0.25) is 4.99 Å². The van der Waals surface area contributed by atoms with Crippen molar-refractivity contribution >= 4 is 6.72 Å². The molecule has 0 rings (SSSR count). The lowest BCUT2D eigenvalue weighted by Crippen LogP contribution is -1.77. The summed E-state index contributed by atoms with van der Waals surface area (Å²) in [5, 5.41) is 0. The predicted octanol–water partition coefficient (Wildman–Crippen LogP) is 2.95. The lowest BCUT2D eigenvalue weighted by atomic mass is 10.2. The fourth-order valence-electron chi connectivity index (χ4n) is 0.709. The summed E-state index contributed by atoms with van der Waals surface area (Å²) in [7, 11) is 0. The molecule has 0 spiro atoms. The molecule has 56 valence electrons. The standard InChI is InChI=1S/C9H15N/c1-4-6-8-9(10-3)7-5-2/h5,7H,2-4,6,8H2,1H3/b9-7-. The Morgan fingerprint density at radius 2 is 2.30 bits per heavy atom. The Labute approximate surface area is 63.2 Å². The summed E-state index contributed by atoms with van der Waals surface area (Å²) in [6.45, 7) is 9.22. The first-order chi connectivity index (χ1) is 4.85. The number of hydrogen-bond acceptors (Lipinski definition) is 1. The van der Waals surface area contributed by atoms with E-state index in [0.29, 0.717) is 0 Å². The zero-order valence-corrected chi connectivity index (χ0v) is 6.64. The van der Waals surface area contributed by atoms with E-state index in [-0.39, 0.29) is 0 Å². The molecule has 0 radical (unpaired) electrons. The van der Waals surface area contributed by atoms with Crippen LogP contribution in [0.1, 0.15) is 26.2 Å². The highest BCUT2D eigenvalue weighted by atomic mass is 14.7. The van der Waals surface area contributed by atoms with Gasteiger partial charge in [-0.2, -0.15) is 0 Å². The average Bonchev–Trinajstić information content (AvgIpc) is 1.98. The van der Waals surface area contributed by atoms with Crippen molar-refractivity contribution in [2.75, 3.05) is 0 Å². The molecule has 0 unspecified atom stereocenters. The molecular weight excluding hydrogens is 122 g/mol. The lowest BCUT2D eigenvalue weighted by molar-refractivity contribution is 0.783. The molecule has 0 bridgehead atoms. The van der Waals surface area contributed by atoms with E-state index in [1.54, 1.807) is 6.08 Å². The van der Waals surface area contributed by atoms with Crippen LogP contribution < -0.4 is 0 Å². The van der Waals surface area contributed by atoms with Crippen molar-refractivity contribution in [3.8, 4) is 0 Å². The summed E-state index contributed by atoms with van der Waals surface area (Å²) in [5.74, 6) is 0. The molecule has 0 aromatic rings. The Kier molecular flexibility index (Phi) is 5.74. The molecule has 0 aromatic heterocycles. The van der Waals surface area contributed by atoms with Crippen molar-refractivity contribution in [2.45, 2.75) is 26.2 Å². The summed E-state index contributed by atoms with van der Waals surface area (Å²) in [6, 6.07) is 0. The smallest absolute Gasteiger partial charge is 0.0396 e. The summed E-state index contributed by atoms with van der Waals surface area (Å²) in [6.07, 6.45) is 7.05. The zero-order chi connectivity index (χ0) is 7.82. The molecule has 10 heavy (non-hydrogen) atoms. The molecule has 0 amide bonds. The largest absolute Gasteiger partial charge is 0.269 e. The normalized spacial score (nSPS) is 11.1. The van der Waals surface area contributed by atoms with Crippen LogP contribution in [0.2, 0.25) is 0 Å². The van der Waals surface area contributed by atoms with Crippen LogP contribution >= 0.6 is 0 Å². The Morgan fingerprint density at radius 1 is 1.60 bits per heavy atom. The zero-order valence-electron chi connectivity index (χ0n) is 6.64. The van der Waals surface area contributed by atoms with E-state index < -0.39 is 0 Å². The van der Waals surface area contributed by atoms with Crippen molar-refractivity contribution in [3.05, 3.63) is 24.4 Å². The van der Waals surface area contributed by atoms with Crippen LogP contribution in [0.25, 0.3) is 0 Å². The Bertz CT molecular complexity index is 134. The second-order valence-corrected chi connectivity index (χ2v) is 2.16. The molecule has 0 saturated heterocycles. The van der Waals surface area contributed by atoms with Crippen LogP contribution in [0.15, 0.2) is 29.4 Å². The molecule has 0 saturated carbocycles. The fourth-order valence-corrected chi connectivity index (χ4v) is 0.709. The van der Waals surface area contributed by atoms with Crippen molar-refractivity contribution in [2.24, 2.45) is 4.99 Å². The summed E-state index contributed by atoms with van der Waals surface area (Å²) < 4.78 is 0. The Balaban J connectivity index is 3.70. The van der Waals surface area contributed by atoms with Crippen molar-refractivity contribution in [1.29, 1.82) is 0 Å². The second-order valence-electron chi connectivity index (χ2n) is 2.16. The molecule has 0 aliphatic carbocycles. The van der Waals surface area contributed by atoms with E-state index in [1.165, 1.54) is 12.8 Å². The number of aliphatic imine (C=N–C) groups is 1. The molecule has 1 heteroatoms. The molecular formula is C9H15N. The third-order valence-corrected chi connectivity index (χ3v) is 1.30. The molecule has 0 heterocycles. The topological polar surface area (TPSA) is 12.4 Å². The first-order valence-electron chi connectivity index (χ1n) is 3.63. The number of nitrogens with zero attached hydrogens (tertiary/aromatic N) is 1. The van der Waals surface area contributed by atoms with Gasteiger partial charge in [-0.15, -0.1) is 0 Å². The van der Waals surface area contributed by atoms with E-state index in [4.69, 9.17) is 0 Å². The lowest BCUT2D eigenvalue weighted by Gasteiger charge is -1.96. The molecule has 0 aliphatic heterocycles. The quantitative estimate of drug-likeness (QED) is 0.408. The Hall–Kier alpha value is -0.850. The van der Waals surface area contributed by atoms with Crippen molar-refractivity contribution < 1.29 is 0 Å². The maximum Gasteiger partial charge on any atom is 0.0396 e. The van der Waals surface area contributed by atoms with Gasteiger partial charge in [0.25, 0.3) is 0 Å². The van der Waals surface area contributed by atoms with E-state index >= 15 is 0 Å². The first-order valence-corrected chi connectivity index (χ1v) is 3.63. The third-order valence-electron chi connectivity index (χ3n) is 1.30. The second kappa shape index (κ2) is 6.27. The first kappa shape index (κ1) is 9.15. The molecule has 0 aliphatic rings. The van der Waals surface area contributed by atoms with Gasteiger partial charge in [0, 0.05) is 5.70 Å². The maximum absolute atomic E-state index is 3.86. The highest BCUT2D eigenvalue weighted by Gasteiger charge is 1.88. The van der Waals surface area contributed by atoms with Gasteiger partial charge >= 0.3 is 0 Å². The highest BCUT2D eigenvalue weighted by Crippen LogP contribution is 2.07. The van der Waals surface area contributed by atoms with Crippen LogP contribution in [0.4, 0.5) is 0 Å². The predicted molar refractivity (Wildman–Crippen MR) is 47.4 cm³/mol. The van der Waals surface area contributed by atoms with Crippen LogP contribution in [-0.4, -0.2) is 6.72 Å². The molecule has 0 atom stereocenters. The van der Waals surface area contributed by atoms with E-state index in [9.17, 15) is 0 Å². The van der Waals surface area contributed by atoms with Gasteiger partial charge in [-0.25, -0.2) is 0 Å². The van der Waals surface area contributed by atoms with Gasteiger partial charge in [0.05, 0.1) is 0 Å². The van der Waals surface area contributed by atoms with Gasteiger partial charge in [0.1, 0.15) is 0 Å². The summed E-state index contributed by atoms with van der Waals surface area (Å²) in [4.78, 5) is 3.86. The van der Waals surface area contributed by atoms with Gasteiger partial charge in [0.2, 0.25) is 0 Å². The maximum atomic E-state index is 3.86. The number of hydrogen-bond donors (Lipinski definition) is 0.